The second kappa shape index (κ2) is 17.1. The molecule has 9 nitrogen and oxygen atoms in total. The number of ether oxygens (including phenoxy) is 1. The Balaban J connectivity index is 1.15. The van der Waals surface area contributed by atoms with Crippen molar-refractivity contribution >= 4 is 15.7 Å². The third-order valence-corrected chi connectivity index (χ3v) is 10.7. The maximum Gasteiger partial charge on any atom is 0.222 e. The van der Waals surface area contributed by atoms with Gasteiger partial charge in [0.25, 0.3) is 0 Å². The number of hydrogen-bond donors (Lipinski definition) is 3. The lowest BCUT2D eigenvalue weighted by molar-refractivity contribution is -0.131. The van der Waals surface area contributed by atoms with E-state index in [1.54, 1.807) is 4.90 Å². The molecule has 2 fully saturated rings. The maximum absolute atomic E-state index is 13.1. The van der Waals surface area contributed by atoms with E-state index in [1.807, 2.05) is 18.5 Å². The monoisotopic (exact) mass is 691 g/mol. The molecule has 0 radical (unpaired) electrons. The number of nitrogens with one attached hydrogen (secondary N) is 1. The van der Waals surface area contributed by atoms with Gasteiger partial charge in [-0.15, -0.1) is 0 Å². The van der Waals surface area contributed by atoms with E-state index in [1.165, 1.54) is 34.1 Å². The number of aryl methyl sites for hydroxylation is 2. The van der Waals surface area contributed by atoms with Gasteiger partial charge in [-0.05, 0) is 111 Å². The maximum atomic E-state index is 13.1. The minimum atomic E-state index is -3.19. The van der Waals surface area contributed by atoms with Crippen molar-refractivity contribution in [3.8, 4) is 16.9 Å². The summed E-state index contributed by atoms with van der Waals surface area (Å²) in [6.45, 7) is 3.24. The standard InChI is InChI=1S/C39H53N3O6S/c1-29-14-15-30(9-3-6-13-38(45)42(23-24-49(2,46)47)22-8-7-10-32(44)28-43)25-31(29)26-41-39(19-20-39)36-27-40-21-18-34(36)35-11-4-5-12-37(35)48-33-16-17-33/h4-5,11-12,14-15,18,21,25,27,32-33,41,43-44H,3,6-10,13,16-17,19-20,22-24,26,28H2,1-2H3. The second-order valence-electron chi connectivity index (χ2n) is 14.0. The van der Waals surface area contributed by atoms with Crippen molar-refractivity contribution in [3.63, 3.8) is 0 Å². The van der Waals surface area contributed by atoms with Crippen LogP contribution >= 0.6 is 0 Å². The van der Waals surface area contributed by atoms with E-state index < -0.39 is 15.9 Å². The third kappa shape index (κ3) is 11.1. The van der Waals surface area contributed by atoms with Gasteiger partial charge in [0, 0.05) is 55.8 Å². The Morgan fingerprint density at radius 1 is 1.06 bits per heavy atom. The van der Waals surface area contributed by atoms with Crippen LogP contribution in [-0.4, -0.2) is 78.3 Å². The molecule has 3 aromatic rings. The van der Waals surface area contributed by atoms with Crippen LogP contribution in [0.2, 0.25) is 0 Å². The number of rotatable bonds is 21. The topological polar surface area (TPSA) is 129 Å². The molecule has 1 heterocycles. The summed E-state index contributed by atoms with van der Waals surface area (Å²) in [6.07, 6.45) is 13.5. The highest BCUT2D eigenvalue weighted by Gasteiger charge is 2.45. The van der Waals surface area contributed by atoms with E-state index in [-0.39, 0.29) is 30.4 Å². The van der Waals surface area contributed by atoms with Gasteiger partial charge in [0.05, 0.1) is 24.6 Å². The van der Waals surface area contributed by atoms with Crippen LogP contribution in [0.15, 0.2) is 60.9 Å². The lowest BCUT2D eigenvalue weighted by atomic mass is 9.94. The summed E-state index contributed by atoms with van der Waals surface area (Å²) in [4.78, 5) is 19.2. The normalized spacial score (nSPS) is 15.9. The van der Waals surface area contributed by atoms with Crippen LogP contribution < -0.4 is 10.1 Å². The smallest absolute Gasteiger partial charge is 0.222 e. The molecule has 0 spiro atoms. The molecule has 0 aliphatic heterocycles. The number of carbonyl (C=O) groups excluding carboxylic acids is 1. The average molecular weight is 692 g/mol. The highest BCUT2D eigenvalue weighted by Crippen LogP contribution is 2.50. The number of para-hydroxylation sites is 1. The fourth-order valence-corrected chi connectivity index (χ4v) is 6.90. The van der Waals surface area contributed by atoms with Gasteiger partial charge >= 0.3 is 0 Å². The van der Waals surface area contributed by atoms with E-state index >= 15 is 0 Å². The molecule has 2 aliphatic carbocycles. The Bertz CT molecular complexity index is 1650. The minimum Gasteiger partial charge on any atom is -0.490 e. The molecule has 1 amide bonds. The molecule has 1 unspecified atom stereocenters. The number of pyridine rings is 1. The Hall–Kier alpha value is -3.31. The zero-order chi connectivity index (χ0) is 34.9. The van der Waals surface area contributed by atoms with Crippen molar-refractivity contribution in [1.82, 2.24) is 15.2 Å². The molecule has 10 heteroatoms. The van der Waals surface area contributed by atoms with Crippen molar-refractivity contribution in [1.29, 1.82) is 0 Å². The zero-order valence-electron chi connectivity index (χ0n) is 29.1. The first-order chi connectivity index (χ1) is 23.6. The molecule has 1 atom stereocenters. The summed E-state index contributed by atoms with van der Waals surface area (Å²) in [5.74, 6) is 0.838. The quantitative estimate of drug-likeness (QED) is 0.125. The highest BCUT2D eigenvalue weighted by molar-refractivity contribution is 7.90. The largest absolute Gasteiger partial charge is 0.490 e. The van der Waals surface area contributed by atoms with Crippen molar-refractivity contribution < 1.29 is 28.2 Å². The van der Waals surface area contributed by atoms with Crippen LogP contribution in [0.5, 0.6) is 5.75 Å². The molecule has 1 aromatic heterocycles. The number of aliphatic hydroxyl groups excluding tert-OH is 2. The predicted molar refractivity (Wildman–Crippen MR) is 193 cm³/mol. The number of amides is 1. The lowest BCUT2D eigenvalue weighted by Gasteiger charge is -2.23. The van der Waals surface area contributed by atoms with Crippen molar-refractivity contribution in [3.05, 3.63) is 83.2 Å². The average Bonchev–Trinajstić information content (AvgIpc) is 4.03. The highest BCUT2D eigenvalue weighted by atomic mass is 32.2. The van der Waals surface area contributed by atoms with Crippen LogP contribution in [0.25, 0.3) is 11.1 Å². The first-order valence-corrected chi connectivity index (χ1v) is 19.9. The van der Waals surface area contributed by atoms with Gasteiger partial charge in [0.1, 0.15) is 15.6 Å². The minimum absolute atomic E-state index is 0.0358. The molecule has 2 saturated carbocycles. The number of aliphatic hydroxyl groups is 2. The van der Waals surface area contributed by atoms with Crippen LogP contribution in [0, 0.1) is 6.92 Å². The second-order valence-corrected chi connectivity index (χ2v) is 16.2. The molecule has 0 saturated heterocycles. The number of nitrogens with zero attached hydrogens (tertiary/aromatic N) is 2. The first-order valence-electron chi connectivity index (χ1n) is 17.9. The summed E-state index contributed by atoms with van der Waals surface area (Å²) in [5.41, 5.74) is 7.13. The van der Waals surface area contributed by atoms with Gasteiger partial charge in [-0.3, -0.25) is 9.78 Å². The first kappa shape index (κ1) is 37.0. The zero-order valence-corrected chi connectivity index (χ0v) is 29.9. The summed E-state index contributed by atoms with van der Waals surface area (Å²) in [5, 5.41) is 22.5. The Kier molecular flexibility index (Phi) is 12.9. The number of carbonyl (C=O) groups is 1. The molecule has 0 bridgehead atoms. The van der Waals surface area contributed by atoms with E-state index in [9.17, 15) is 18.3 Å². The molecule has 49 heavy (non-hydrogen) atoms. The van der Waals surface area contributed by atoms with E-state index in [0.29, 0.717) is 38.3 Å². The van der Waals surface area contributed by atoms with Gasteiger partial charge in [0.15, 0.2) is 0 Å². The van der Waals surface area contributed by atoms with Gasteiger partial charge in [-0.2, -0.15) is 0 Å². The summed E-state index contributed by atoms with van der Waals surface area (Å²) in [7, 11) is -3.19. The number of aromatic nitrogens is 1. The molecule has 5 rings (SSSR count). The molecule has 3 N–H and O–H groups in total. The molecular formula is C39H53N3O6S. The summed E-state index contributed by atoms with van der Waals surface area (Å²) >= 11 is 0. The van der Waals surface area contributed by atoms with Crippen molar-refractivity contribution in [2.75, 3.05) is 31.7 Å². The molecule has 2 aliphatic rings. The van der Waals surface area contributed by atoms with Crippen molar-refractivity contribution in [2.24, 2.45) is 0 Å². The molecule has 266 valence electrons. The Morgan fingerprint density at radius 3 is 2.59 bits per heavy atom. The van der Waals surface area contributed by atoms with Crippen LogP contribution in [0.1, 0.15) is 86.5 Å². The van der Waals surface area contributed by atoms with Crippen LogP contribution in [0.4, 0.5) is 0 Å². The number of benzene rings is 2. The summed E-state index contributed by atoms with van der Waals surface area (Å²) < 4.78 is 29.8. The van der Waals surface area contributed by atoms with Crippen LogP contribution in [-0.2, 0) is 33.1 Å². The van der Waals surface area contributed by atoms with Gasteiger partial charge in [0.2, 0.25) is 5.91 Å². The SMILES string of the molecule is Cc1ccc(CCCCC(=O)N(CCCCC(O)CO)CCS(C)(=O)=O)cc1CNC1(c2cnccc2-c2ccccc2OC2CC2)CC1. The number of hydrogen-bond acceptors (Lipinski definition) is 8. The Morgan fingerprint density at radius 2 is 1.86 bits per heavy atom. The van der Waals surface area contributed by atoms with Crippen LogP contribution in [0.3, 0.4) is 0 Å². The van der Waals surface area contributed by atoms with E-state index in [0.717, 1.165) is 62.8 Å². The van der Waals surface area contributed by atoms with E-state index in [4.69, 9.17) is 9.84 Å². The van der Waals surface area contributed by atoms with Gasteiger partial charge in [-0.25, -0.2) is 8.42 Å². The molecular weight excluding hydrogens is 639 g/mol. The fraction of sp³-hybridized carbons (Fsp3) is 0.538. The third-order valence-electron chi connectivity index (χ3n) is 9.73. The predicted octanol–water partition coefficient (Wildman–Crippen LogP) is 5.49. The lowest BCUT2D eigenvalue weighted by Crippen LogP contribution is -2.35. The number of unbranched alkanes of at least 4 members (excludes halogenated alkanes) is 2. The van der Waals surface area contributed by atoms with Gasteiger partial charge in [-0.1, -0.05) is 36.4 Å². The summed E-state index contributed by atoms with van der Waals surface area (Å²) in [6, 6.07) is 17.1. The number of sulfone groups is 1. The van der Waals surface area contributed by atoms with Crippen molar-refractivity contribution in [2.45, 2.75) is 102 Å². The fourth-order valence-electron chi connectivity index (χ4n) is 6.34. The van der Waals surface area contributed by atoms with Gasteiger partial charge < -0.3 is 25.2 Å². The Labute approximate surface area is 292 Å². The molecule has 2 aromatic carbocycles. The van der Waals surface area contributed by atoms with E-state index in [2.05, 4.69) is 59.7 Å².